The zero-order valence-corrected chi connectivity index (χ0v) is 20.5. The van der Waals surface area contributed by atoms with Crippen LogP contribution in [0.5, 0.6) is 0 Å². The van der Waals surface area contributed by atoms with Crippen molar-refractivity contribution < 1.29 is 67.3 Å². The van der Waals surface area contributed by atoms with Gasteiger partial charge in [-0.1, -0.05) is 5.11 Å². The van der Waals surface area contributed by atoms with Gasteiger partial charge in [-0.3, -0.25) is 23.4 Å². The van der Waals surface area contributed by atoms with Crippen LogP contribution >= 0.6 is 15.6 Å². The lowest BCUT2D eigenvalue weighted by Gasteiger charge is -2.40. The molecule has 11 atom stereocenters. The van der Waals surface area contributed by atoms with Gasteiger partial charge in [0.05, 0.1) is 25.4 Å². The summed E-state index contributed by atoms with van der Waals surface area (Å²) in [7, 11) is -11.2. The van der Waals surface area contributed by atoms with Gasteiger partial charge in [0.2, 0.25) is 0 Å². The standard InChI is InChI=1S/C15H23N5O16P2/c16-19-18-8-9(23)5(3-21)34-14(11(8)25)35-38(30,31)36-37(28,29)32-4-6-10(24)12(26)13(33-6)20-2-1-7(22)17-15(20)27/h1-2,5-6,8-14,21,23-26H,3-4H2,(H,28,29)(H,30,31)(H,17,22,27)/t5-,6-,8+,9-,10-,11-,12-,13-,14-/m1/s1. The lowest BCUT2D eigenvalue weighted by molar-refractivity contribution is -0.251. The molecule has 2 aliphatic heterocycles. The Morgan fingerprint density at radius 2 is 1.74 bits per heavy atom. The number of phosphoric ester groups is 2. The smallest absolute Gasteiger partial charge is 0.394 e. The van der Waals surface area contributed by atoms with Gasteiger partial charge in [0.15, 0.2) is 12.5 Å². The molecule has 21 nitrogen and oxygen atoms in total. The number of rotatable bonds is 10. The Morgan fingerprint density at radius 3 is 2.34 bits per heavy atom. The maximum atomic E-state index is 12.3. The first-order valence-corrected chi connectivity index (χ1v) is 13.4. The van der Waals surface area contributed by atoms with Crippen LogP contribution in [-0.2, 0) is 32.0 Å². The number of hydrogen-bond donors (Lipinski definition) is 8. The summed E-state index contributed by atoms with van der Waals surface area (Å²) in [4.78, 5) is 47.1. The molecule has 2 fully saturated rings. The number of nitrogens with one attached hydrogen (secondary N) is 1. The van der Waals surface area contributed by atoms with Crippen LogP contribution in [0.25, 0.3) is 10.4 Å². The summed E-state index contributed by atoms with van der Waals surface area (Å²) in [5, 5.41) is 52.8. The van der Waals surface area contributed by atoms with Crippen LogP contribution in [0.4, 0.5) is 0 Å². The van der Waals surface area contributed by atoms with Crippen molar-refractivity contribution in [2.45, 2.75) is 55.2 Å². The van der Waals surface area contributed by atoms with E-state index in [1.165, 1.54) is 0 Å². The summed E-state index contributed by atoms with van der Waals surface area (Å²) in [5.74, 6) is 0. The van der Waals surface area contributed by atoms with Crippen molar-refractivity contribution in [2.24, 2.45) is 5.11 Å². The first-order chi connectivity index (χ1) is 17.7. The Hall–Kier alpha value is -2.03. The number of nitrogens with zero attached hydrogens (tertiary/aromatic N) is 4. The third-order valence-electron chi connectivity index (χ3n) is 5.34. The first kappa shape index (κ1) is 30.5. The predicted octanol–water partition coefficient (Wildman–Crippen LogP) is -3.48. The zero-order valence-electron chi connectivity index (χ0n) is 18.8. The summed E-state index contributed by atoms with van der Waals surface area (Å²) in [6.45, 7) is -1.95. The van der Waals surface area contributed by atoms with E-state index in [2.05, 4.69) is 23.4 Å². The Kier molecular flexibility index (Phi) is 9.64. The van der Waals surface area contributed by atoms with Crippen molar-refractivity contribution in [3.05, 3.63) is 43.5 Å². The molecule has 3 heterocycles. The third-order valence-corrected chi connectivity index (χ3v) is 7.94. The van der Waals surface area contributed by atoms with E-state index in [0.29, 0.717) is 0 Å². The lowest BCUT2D eigenvalue weighted by atomic mass is 9.97. The van der Waals surface area contributed by atoms with Gasteiger partial charge in [-0.15, -0.1) is 0 Å². The molecule has 2 saturated heterocycles. The highest BCUT2D eigenvalue weighted by atomic mass is 31.3. The van der Waals surface area contributed by atoms with Crippen LogP contribution in [0.2, 0.25) is 0 Å². The molecule has 2 unspecified atom stereocenters. The second kappa shape index (κ2) is 12.0. The Labute approximate surface area is 210 Å². The van der Waals surface area contributed by atoms with E-state index in [4.69, 9.17) is 15.0 Å². The number of aromatic amines is 1. The van der Waals surface area contributed by atoms with E-state index < -0.39 is 95.3 Å². The van der Waals surface area contributed by atoms with Gasteiger partial charge >= 0.3 is 21.3 Å². The molecular weight excluding hydrogens is 568 g/mol. The van der Waals surface area contributed by atoms with Gasteiger partial charge in [-0.05, 0) is 5.53 Å². The highest BCUT2D eigenvalue weighted by Crippen LogP contribution is 2.61. The molecule has 23 heteroatoms. The molecule has 3 rings (SSSR count). The van der Waals surface area contributed by atoms with Crippen LogP contribution in [0.1, 0.15) is 6.23 Å². The SMILES string of the molecule is [N-]=[N+]=N[C@@H]1[C@@H](O)[C@@H](OP(=O)(O)OP(=O)(O)OC[C@H]2O[C@@H](n3ccc(=O)[nH]c3=O)[C@H](O)[C@@H]2O)O[C@H](CO)[C@H]1O. The maximum absolute atomic E-state index is 12.3. The van der Waals surface area contributed by atoms with Crippen molar-refractivity contribution in [3.8, 4) is 0 Å². The van der Waals surface area contributed by atoms with Crippen LogP contribution < -0.4 is 11.2 Å². The van der Waals surface area contributed by atoms with Gasteiger partial charge in [0.1, 0.15) is 30.5 Å². The number of hydrogen-bond acceptors (Lipinski definition) is 15. The number of aromatic nitrogens is 2. The minimum atomic E-state index is -5.63. The molecule has 0 saturated carbocycles. The molecule has 0 amide bonds. The number of aliphatic hydroxyl groups excluding tert-OH is 5. The van der Waals surface area contributed by atoms with E-state index in [1.807, 2.05) is 4.98 Å². The predicted molar refractivity (Wildman–Crippen MR) is 116 cm³/mol. The molecule has 38 heavy (non-hydrogen) atoms. The molecule has 1 aromatic rings. The fraction of sp³-hybridized carbons (Fsp3) is 0.733. The molecule has 0 aromatic carbocycles. The summed E-state index contributed by atoms with van der Waals surface area (Å²) in [6, 6.07) is -0.795. The van der Waals surface area contributed by atoms with E-state index in [9.17, 15) is 54.0 Å². The van der Waals surface area contributed by atoms with Crippen molar-refractivity contribution in [1.29, 1.82) is 0 Å². The van der Waals surface area contributed by atoms with Crippen molar-refractivity contribution in [1.82, 2.24) is 9.55 Å². The summed E-state index contributed by atoms with van der Waals surface area (Å²) in [5.41, 5.74) is 6.82. The number of aliphatic hydroxyl groups is 5. The molecule has 8 N–H and O–H groups in total. The zero-order chi connectivity index (χ0) is 28.4. The fourth-order valence-corrected chi connectivity index (χ4v) is 5.71. The Balaban J connectivity index is 1.64. The van der Waals surface area contributed by atoms with Crippen molar-refractivity contribution >= 4 is 15.6 Å². The average Bonchev–Trinajstić information content (AvgIpc) is 3.10. The quantitative estimate of drug-likeness (QED) is 0.0567. The number of azide groups is 1. The van der Waals surface area contributed by atoms with Crippen LogP contribution in [0.3, 0.4) is 0 Å². The average molecular weight is 591 g/mol. The second-order valence-electron chi connectivity index (χ2n) is 7.89. The van der Waals surface area contributed by atoms with E-state index in [-0.39, 0.29) is 0 Å². The van der Waals surface area contributed by atoms with Gasteiger partial charge < -0.3 is 44.8 Å². The van der Waals surface area contributed by atoms with Crippen molar-refractivity contribution in [2.75, 3.05) is 13.2 Å². The number of ether oxygens (including phenoxy) is 2. The fourth-order valence-electron chi connectivity index (χ4n) is 3.55. The minimum absolute atomic E-state index is 0.718. The Morgan fingerprint density at radius 1 is 1.05 bits per heavy atom. The second-order valence-corrected chi connectivity index (χ2v) is 10.9. The van der Waals surface area contributed by atoms with Crippen LogP contribution in [0, 0.1) is 0 Å². The summed E-state index contributed by atoms with van der Waals surface area (Å²) < 4.78 is 48.5. The Bertz CT molecular complexity index is 1250. The molecule has 0 radical (unpaired) electrons. The van der Waals surface area contributed by atoms with Gasteiger partial charge in [-0.25, -0.2) is 13.9 Å². The molecule has 0 spiro atoms. The van der Waals surface area contributed by atoms with Crippen molar-refractivity contribution in [3.63, 3.8) is 0 Å². The molecule has 214 valence electrons. The number of phosphoric acid groups is 2. The summed E-state index contributed by atoms with van der Waals surface area (Å²) >= 11 is 0. The molecule has 0 aliphatic carbocycles. The van der Waals surface area contributed by atoms with E-state index in [1.54, 1.807) is 0 Å². The molecule has 0 bridgehead atoms. The van der Waals surface area contributed by atoms with Crippen LogP contribution in [-0.4, -0.2) is 107 Å². The van der Waals surface area contributed by atoms with Gasteiger partial charge in [-0.2, -0.15) is 4.31 Å². The minimum Gasteiger partial charge on any atom is -0.394 e. The molecule has 1 aromatic heterocycles. The summed E-state index contributed by atoms with van der Waals surface area (Å²) in [6.07, 6.45) is -13.4. The van der Waals surface area contributed by atoms with E-state index in [0.717, 1.165) is 16.8 Å². The lowest BCUT2D eigenvalue weighted by Crippen LogP contribution is -2.58. The normalized spacial score (nSPS) is 36.7. The first-order valence-electron chi connectivity index (χ1n) is 10.4. The van der Waals surface area contributed by atoms with Crippen LogP contribution in [0.15, 0.2) is 27.0 Å². The highest BCUT2D eigenvalue weighted by Gasteiger charge is 2.49. The van der Waals surface area contributed by atoms with E-state index >= 15 is 0 Å². The van der Waals surface area contributed by atoms with Gasteiger partial charge in [0.25, 0.3) is 5.56 Å². The highest BCUT2D eigenvalue weighted by molar-refractivity contribution is 7.61. The van der Waals surface area contributed by atoms with Gasteiger partial charge in [0, 0.05) is 17.2 Å². The largest absolute Gasteiger partial charge is 0.483 e. The molecule has 2 aliphatic rings. The molecular formula is C15H23N5O16P2. The topological polar surface area (TPSA) is 326 Å². The maximum Gasteiger partial charge on any atom is 0.483 e. The third kappa shape index (κ3) is 6.93. The monoisotopic (exact) mass is 591 g/mol. The number of H-pyrrole nitrogens is 1.